The van der Waals surface area contributed by atoms with Crippen LogP contribution in [-0.4, -0.2) is 40.7 Å². The molecule has 3 rings (SSSR count). The normalized spacial score (nSPS) is 14.6. The Bertz CT molecular complexity index is 924. The zero-order chi connectivity index (χ0) is 19.4. The fourth-order valence-corrected chi connectivity index (χ4v) is 4.47. The van der Waals surface area contributed by atoms with E-state index in [1.165, 1.54) is 18.7 Å². The van der Waals surface area contributed by atoms with E-state index in [9.17, 15) is 14.4 Å². The minimum Gasteiger partial charge on any atom is -0.449 e. The van der Waals surface area contributed by atoms with Crippen molar-refractivity contribution in [1.82, 2.24) is 5.32 Å². The van der Waals surface area contributed by atoms with E-state index in [4.69, 9.17) is 14.9 Å². The molecule has 0 saturated heterocycles. The highest BCUT2D eigenvalue weighted by molar-refractivity contribution is 8.38. The predicted octanol–water partition coefficient (Wildman–Crippen LogP) is 2.51. The van der Waals surface area contributed by atoms with E-state index in [-0.39, 0.29) is 5.76 Å². The molecule has 0 unspecified atom stereocenters. The number of carbonyl (C=O) groups is 3. The highest BCUT2D eigenvalue weighted by atomic mass is 32.2. The van der Waals surface area contributed by atoms with Gasteiger partial charge in [-0.3, -0.25) is 15.1 Å². The second kappa shape index (κ2) is 8.49. The zero-order valence-electron chi connectivity index (χ0n) is 14.4. The summed E-state index contributed by atoms with van der Waals surface area (Å²) >= 11 is 3.20. The van der Waals surface area contributed by atoms with Crippen LogP contribution in [0.1, 0.15) is 23.0 Å². The van der Waals surface area contributed by atoms with Crippen LogP contribution in [0.15, 0.2) is 33.7 Å². The number of urea groups is 1. The average Bonchev–Trinajstić information content (AvgIpc) is 3.26. The maximum atomic E-state index is 12.6. The van der Waals surface area contributed by atoms with Crippen LogP contribution < -0.4 is 11.1 Å². The Hall–Kier alpha value is -2.46. The van der Waals surface area contributed by atoms with Gasteiger partial charge in [0, 0.05) is 22.5 Å². The van der Waals surface area contributed by atoms with Gasteiger partial charge < -0.3 is 14.9 Å². The van der Waals surface area contributed by atoms with Crippen LogP contribution >= 0.6 is 23.5 Å². The van der Waals surface area contributed by atoms with Gasteiger partial charge in [-0.25, -0.2) is 9.59 Å². The molecule has 1 aliphatic rings. The van der Waals surface area contributed by atoms with Crippen molar-refractivity contribution in [3.63, 3.8) is 0 Å². The first-order chi connectivity index (χ1) is 13.0. The van der Waals surface area contributed by atoms with Gasteiger partial charge in [0.05, 0.1) is 6.54 Å². The van der Waals surface area contributed by atoms with E-state index in [1.54, 1.807) is 23.9 Å². The summed E-state index contributed by atoms with van der Waals surface area (Å²) in [5, 5.41) is 2.67. The molecule has 3 N–H and O–H groups in total. The van der Waals surface area contributed by atoms with Gasteiger partial charge in [0.25, 0.3) is 5.91 Å². The summed E-state index contributed by atoms with van der Waals surface area (Å²) in [6.07, 6.45) is -1.20. The van der Waals surface area contributed by atoms with Crippen molar-refractivity contribution in [2.24, 2.45) is 10.7 Å². The maximum Gasteiger partial charge on any atom is 0.375 e. The summed E-state index contributed by atoms with van der Waals surface area (Å²) in [5.41, 5.74) is 6.13. The first kappa shape index (κ1) is 19.3. The van der Waals surface area contributed by atoms with Crippen LogP contribution in [0.3, 0.4) is 0 Å². The Morgan fingerprint density at radius 1 is 1.41 bits per heavy atom. The van der Waals surface area contributed by atoms with Crippen LogP contribution in [0, 0.1) is 0 Å². The minimum atomic E-state index is -1.20. The molecule has 1 atom stereocenters. The van der Waals surface area contributed by atoms with Gasteiger partial charge in [-0.1, -0.05) is 41.7 Å². The first-order valence-corrected chi connectivity index (χ1v) is 10.0. The molecule has 1 aromatic carbocycles. The number of nitrogens with one attached hydrogen (secondary N) is 1. The number of furan rings is 1. The number of hydrogen-bond donors (Lipinski definition) is 2. The molecule has 1 aromatic heterocycles. The first-order valence-electron chi connectivity index (χ1n) is 8.07. The average molecular weight is 407 g/mol. The number of thioether (sulfide) groups is 2. The SMILES string of the molecule is C[C@H](OC(=O)c1oc2ccccc2c1CSC1=NCCS1)C(=O)NC(N)=O. The molecule has 0 bridgehead atoms. The summed E-state index contributed by atoms with van der Waals surface area (Å²) in [4.78, 5) is 39.5. The number of rotatable bonds is 5. The van der Waals surface area contributed by atoms with Crippen molar-refractivity contribution >= 4 is 56.8 Å². The highest BCUT2D eigenvalue weighted by Gasteiger charge is 2.26. The van der Waals surface area contributed by atoms with Crippen LogP contribution in [0.5, 0.6) is 0 Å². The number of primary amides is 1. The molecule has 0 aliphatic carbocycles. The van der Waals surface area contributed by atoms with Crippen LogP contribution in [-0.2, 0) is 15.3 Å². The second-order valence-corrected chi connectivity index (χ2v) is 7.90. The molecule has 0 fully saturated rings. The standard InChI is InChI=1S/C17H17N3O5S2/c1-9(14(21)20-16(18)23)24-15(22)13-11(8-27-17-19-6-7-26-17)10-4-2-3-5-12(10)25-13/h2-5,9H,6-8H2,1H3,(H3,18,20,21,23)/t9-/m0/s1. The molecule has 27 heavy (non-hydrogen) atoms. The van der Waals surface area contributed by atoms with E-state index in [2.05, 4.69) is 4.99 Å². The Balaban J connectivity index is 1.81. The number of nitrogens with zero attached hydrogens (tertiary/aromatic N) is 1. The zero-order valence-corrected chi connectivity index (χ0v) is 16.0. The lowest BCUT2D eigenvalue weighted by atomic mass is 10.1. The summed E-state index contributed by atoms with van der Waals surface area (Å²) in [5.74, 6) is -0.120. The number of nitrogens with two attached hydrogens (primary N) is 1. The number of hydrogen-bond acceptors (Lipinski definition) is 8. The second-order valence-electron chi connectivity index (χ2n) is 5.59. The third-order valence-corrected chi connectivity index (χ3v) is 5.96. The monoisotopic (exact) mass is 407 g/mol. The third kappa shape index (κ3) is 4.64. The number of aliphatic imine (C=N–C) groups is 1. The van der Waals surface area contributed by atoms with Crippen molar-refractivity contribution in [1.29, 1.82) is 0 Å². The number of esters is 1. The van der Waals surface area contributed by atoms with E-state index in [0.717, 1.165) is 22.1 Å². The Kier molecular flexibility index (Phi) is 6.07. The molecule has 0 saturated carbocycles. The fraction of sp³-hybridized carbons (Fsp3) is 0.294. The van der Waals surface area contributed by atoms with Crippen molar-refractivity contribution in [3.05, 3.63) is 35.6 Å². The largest absolute Gasteiger partial charge is 0.449 e. The number of carbonyl (C=O) groups excluding carboxylic acids is 3. The number of para-hydroxylation sites is 1. The molecule has 0 radical (unpaired) electrons. The van der Waals surface area contributed by atoms with Crippen molar-refractivity contribution in [2.75, 3.05) is 12.3 Å². The molecule has 10 heteroatoms. The van der Waals surface area contributed by atoms with Crippen LogP contribution in [0.25, 0.3) is 11.0 Å². The lowest BCUT2D eigenvalue weighted by Crippen LogP contribution is -2.42. The van der Waals surface area contributed by atoms with Crippen LogP contribution in [0.2, 0.25) is 0 Å². The number of amides is 3. The topological polar surface area (TPSA) is 124 Å². The molecule has 1 aliphatic heterocycles. The Morgan fingerprint density at radius 3 is 2.89 bits per heavy atom. The minimum absolute atomic E-state index is 0.0334. The van der Waals surface area contributed by atoms with Gasteiger partial charge in [0.2, 0.25) is 5.76 Å². The van der Waals surface area contributed by atoms with Gasteiger partial charge in [-0.15, -0.1) is 0 Å². The summed E-state index contributed by atoms with van der Waals surface area (Å²) < 4.78 is 11.8. The van der Waals surface area contributed by atoms with E-state index in [0.29, 0.717) is 16.9 Å². The quantitative estimate of drug-likeness (QED) is 0.730. The van der Waals surface area contributed by atoms with Gasteiger partial charge in [-0.05, 0) is 13.0 Å². The molecule has 3 amide bonds. The summed E-state index contributed by atoms with van der Waals surface area (Å²) in [6, 6.07) is 6.26. The van der Waals surface area contributed by atoms with Gasteiger partial charge in [-0.2, -0.15) is 0 Å². The van der Waals surface area contributed by atoms with Crippen molar-refractivity contribution < 1.29 is 23.5 Å². The molecule has 8 nitrogen and oxygen atoms in total. The third-order valence-electron chi connectivity index (χ3n) is 3.68. The van der Waals surface area contributed by atoms with Gasteiger partial charge >= 0.3 is 12.0 Å². The molecule has 142 valence electrons. The molecule has 2 aromatic rings. The number of ether oxygens (including phenoxy) is 1. The highest BCUT2D eigenvalue weighted by Crippen LogP contribution is 2.33. The molecule has 2 heterocycles. The van der Waals surface area contributed by atoms with Gasteiger partial charge in [0.15, 0.2) is 6.10 Å². The molecular weight excluding hydrogens is 390 g/mol. The van der Waals surface area contributed by atoms with Crippen molar-refractivity contribution in [2.45, 2.75) is 18.8 Å². The Labute approximate surface area is 163 Å². The summed E-state index contributed by atoms with van der Waals surface area (Å²) in [6.45, 7) is 2.14. The van der Waals surface area contributed by atoms with Crippen LogP contribution in [0.4, 0.5) is 4.79 Å². The lowest BCUT2D eigenvalue weighted by Gasteiger charge is -2.11. The maximum absolute atomic E-state index is 12.6. The lowest BCUT2D eigenvalue weighted by molar-refractivity contribution is -0.127. The summed E-state index contributed by atoms with van der Waals surface area (Å²) in [7, 11) is 0. The number of fused-ring (bicyclic) bond motifs is 1. The molecule has 0 spiro atoms. The van der Waals surface area contributed by atoms with E-state index < -0.39 is 24.0 Å². The van der Waals surface area contributed by atoms with Gasteiger partial charge in [0.1, 0.15) is 9.96 Å². The number of benzene rings is 1. The van der Waals surface area contributed by atoms with E-state index in [1.807, 2.05) is 17.4 Å². The number of imide groups is 1. The van der Waals surface area contributed by atoms with Crippen molar-refractivity contribution in [3.8, 4) is 0 Å². The Morgan fingerprint density at radius 2 is 2.19 bits per heavy atom. The fourth-order valence-electron chi connectivity index (χ4n) is 2.43. The van der Waals surface area contributed by atoms with E-state index >= 15 is 0 Å². The smallest absolute Gasteiger partial charge is 0.375 e. The molecular formula is C17H17N3O5S2. The predicted molar refractivity (Wildman–Crippen MR) is 105 cm³/mol.